The van der Waals surface area contributed by atoms with Crippen molar-refractivity contribution in [2.75, 3.05) is 52.7 Å². The molecule has 0 bridgehead atoms. The maximum Gasteiger partial charge on any atom is 0.410 e. The summed E-state index contributed by atoms with van der Waals surface area (Å²) in [7, 11) is 1.38. The lowest BCUT2D eigenvalue weighted by atomic mass is 9.55. The van der Waals surface area contributed by atoms with Crippen LogP contribution in [0.15, 0.2) is 101 Å². The van der Waals surface area contributed by atoms with Crippen molar-refractivity contribution in [2.24, 2.45) is 22.9 Å². The fourth-order valence-corrected chi connectivity index (χ4v) is 10.9. The van der Waals surface area contributed by atoms with Crippen LogP contribution in [0, 0.1) is 17.8 Å². The predicted octanol–water partition coefficient (Wildman–Crippen LogP) is 9.02. The molecular formula is C50H62N2O11S. The van der Waals surface area contributed by atoms with Crippen molar-refractivity contribution in [3.05, 3.63) is 102 Å². The highest BCUT2D eigenvalue weighted by Gasteiger charge is 2.65. The number of allylic oxidation sites excluding steroid dienone is 1. The maximum absolute atomic E-state index is 14.4. The van der Waals surface area contributed by atoms with Gasteiger partial charge < -0.3 is 48.2 Å². The Kier molecular flexibility index (Phi) is 15.7. The van der Waals surface area contributed by atoms with E-state index in [1.54, 1.807) is 22.7 Å². The van der Waals surface area contributed by atoms with Gasteiger partial charge in [0, 0.05) is 54.7 Å². The lowest BCUT2D eigenvalue weighted by Crippen LogP contribution is -2.70. The number of carbonyl (C=O) groups excluding carboxylic acids is 1. The first kappa shape index (κ1) is 45.8. The fraction of sp³-hybridized carbons (Fsp3) is 0.520. The van der Waals surface area contributed by atoms with E-state index in [2.05, 4.69) is 30.9 Å². The fourth-order valence-electron chi connectivity index (χ4n) is 10.1. The Morgan fingerprint density at radius 2 is 1.80 bits per heavy atom. The van der Waals surface area contributed by atoms with E-state index in [1.807, 2.05) is 48.5 Å². The monoisotopic (exact) mass is 898 g/mol. The summed E-state index contributed by atoms with van der Waals surface area (Å²) >= 11 is 1.74. The molecule has 3 aromatic carbocycles. The molecule has 344 valence electrons. The molecule has 2 fully saturated rings. The summed E-state index contributed by atoms with van der Waals surface area (Å²) < 4.78 is 44.0. The van der Waals surface area contributed by atoms with Gasteiger partial charge in [-0.25, -0.2) is 4.79 Å². The highest BCUT2D eigenvalue weighted by molar-refractivity contribution is 7.99. The molecule has 3 aromatic rings. The molecule has 7 atom stereocenters. The van der Waals surface area contributed by atoms with Gasteiger partial charge in [-0.2, -0.15) is 0 Å². The number of hydrogen-bond acceptors (Lipinski definition) is 13. The molecule has 14 heteroatoms. The number of aliphatic hydroxyl groups excluding tert-OH is 2. The van der Waals surface area contributed by atoms with Crippen molar-refractivity contribution in [3.8, 4) is 23.0 Å². The third kappa shape index (κ3) is 10.2. The standard InChI is InChI=1S/C50H62N2O11S/c1-3-24-61-50-45(52(49(55)56-2)32-34-18-20-43-44(28-34)60-33-59-43)31-41(51-63-46-17-9-12-25-58-46)39-29-35(13-7-10-22-53)38(16-8-11-23-54)47(48(39)50)40-30-36(19-21-42(40)62-50)57-26-27-64-37-14-5-4-6-15-37/h3-6,14-15,18-21,28-30,35,38,45-48,53-54H,1,7-13,16-17,22-27,31-33H2,2H3/t35-,38+,45-,46?,47+,48+,50+/m0/s1. The normalized spacial score (nSPS) is 25.9. The average Bonchev–Trinajstić information content (AvgIpc) is 3.81. The van der Waals surface area contributed by atoms with Crippen LogP contribution in [0.5, 0.6) is 23.0 Å². The number of benzene rings is 3. The Hall–Kier alpha value is -4.73. The number of fused-ring (bicyclic) bond motifs is 3. The Morgan fingerprint density at radius 3 is 2.58 bits per heavy atom. The molecule has 64 heavy (non-hydrogen) atoms. The second-order valence-corrected chi connectivity index (χ2v) is 18.1. The third-order valence-corrected chi connectivity index (χ3v) is 14.0. The van der Waals surface area contributed by atoms with Crippen LogP contribution in [0.1, 0.15) is 81.3 Å². The van der Waals surface area contributed by atoms with Crippen LogP contribution < -0.4 is 18.9 Å². The molecule has 0 aromatic heterocycles. The molecule has 2 N–H and O–H groups in total. The molecule has 0 spiro atoms. The van der Waals surface area contributed by atoms with Gasteiger partial charge >= 0.3 is 6.09 Å². The molecule has 1 saturated heterocycles. The van der Waals surface area contributed by atoms with E-state index in [1.165, 1.54) is 12.0 Å². The number of unbranched alkanes of at least 4 members (excludes halogenated alkanes) is 2. The number of methoxy groups -OCH3 is 1. The highest BCUT2D eigenvalue weighted by Crippen LogP contribution is 2.62. The Morgan fingerprint density at radius 1 is 0.984 bits per heavy atom. The van der Waals surface area contributed by atoms with Gasteiger partial charge in [0.25, 0.3) is 0 Å². The molecule has 5 aliphatic rings. The largest absolute Gasteiger partial charge is 0.493 e. The summed E-state index contributed by atoms with van der Waals surface area (Å²) in [6.45, 7) is 5.75. The predicted molar refractivity (Wildman–Crippen MR) is 243 cm³/mol. The third-order valence-electron chi connectivity index (χ3n) is 13.0. The molecule has 8 rings (SSSR count). The van der Waals surface area contributed by atoms with Gasteiger partial charge in [0.15, 0.2) is 11.5 Å². The van der Waals surface area contributed by atoms with E-state index in [9.17, 15) is 15.0 Å². The smallest absolute Gasteiger partial charge is 0.410 e. The van der Waals surface area contributed by atoms with E-state index in [4.69, 9.17) is 43.2 Å². The number of carbonyl (C=O) groups is 1. The van der Waals surface area contributed by atoms with Crippen molar-refractivity contribution in [3.63, 3.8) is 0 Å². The maximum atomic E-state index is 14.4. The second kappa shape index (κ2) is 22.0. The van der Waals surface area contributed by atoms with Crippen molar-refractivity contribution >= 4 is 23.6 Å². The summed E-state index contributed by atoms with van der Waals surface area (Å²) in [4.78, 5) is 23.5. The van der Waals surface area contributed by atoms with Crippen molar-refractivity contribution < 1.29 is 53.0 Å². The first-order valence-corrected chi connectivity index (χ1v) is 23.8. The Balaban J connectivity index is 1.27. The van der Waals surface area contributed by atoms with Gasteiger partial charge in [-0.1, -0.05) is 54.4 Å². The number of aliphatic hydroxyl groups is 2. The van der Waals surface area contributed by atoms with Gasteiger partial charge in [0.05, 0.1) is 38.6 Å². The van der Waals surface area contributed by atoms with Gasteiger partial charge in [0.1, 0.15) is 17.5 Å². The van der Waals surface area contributed by atoms with E-state index in [0.29, 0.717) is 49.0 Å². The van der Waals surface area contributed by atoms with Crippen LogP contribution in [0.2, 0.25) is 0 Å². The summed E-state index contributed by atoms with van der Waals surface area (Å²) in [5.41, 5.74) is 3.41. The molecule has 3 aliphatic heterocycles. The van der Waals surface area contributed by atoms with Crippen molar-refractivity contribution in [2.45, 2.75) is 99.7 Å². The quantitative estimate of drug-likeness (QED) is 0.0455. The zero-order chi connectivity index (χ0) is 44.3. The van der Waals surface area contributed by atoms with Crippen LogP contribution >= 0.6 is 11.8 Å². The number of thioether (sulfide) groups is 1. The SMILES string of the molecule is C=CCO[C@@]12Oc3ccc(OCCSc4ccccc4)cc3[C@H]3[C@H](CCCCO)[C@@H](CCCCO)C=C(C(=NOC4CCCCO4)C[C@@H]1N(Cc1ccc4c(c1)OCO4)C(=O)OC)[C@H]32. The lowest BCUT2D eigenvalue weighted by Gasteiger charge is -2.59. The summed E-state index contributed by atoms with van der Waals surface area (Å²) in [6, 6.07) is 21.2. The highest BCUT2D eigenvalue weighted by atomic mass is 32.2. The molecule has 2 aliphatic carbocycles. The van der Waals surface area contributed by atoms with Gasteiger partial charge in [-0.05, 0) is 104 Å². The molecule has 13 nitrogen and oxygen atoms in total. The van der Waals surface area contributed by atoms with Gasteiger partial charge in [-0.3, -0.25) is 4.90 Å². The minimum atomic E-state index is -1.46. The summed E-state index contributed by atoms with van der Waals surface area (Å²) in [5, 5.41) is 24.9. The minimum absolute atomic E-state index is 0.0558. The molecule has 1 unspecified atom stereocenters. The molecule has 3 heterocycles. The number of oxime groups is 1. The molecule has 1 saturated carbocycles. The topological polar surface area (TPSA) is 147 Å². The first-order chi connectivity index (χ1) is 31.5. The number of rotatable bonds is 21. The number of ether oxygens (including phenoxy) is 7. The van der Waals surface area contributed by atoms with Crippen LogP contribution in [0.3, 0.4) is 0 Å². The van der Waals surface area contributed by atoms with E-state index < -0.39 is 30.1 Å². The second-order valence-electron chi connectivity index (χ2n) is 17.0. The van der Waals surface area contributed by atoms with E-state index in [0.717, 1.165) is 73.1 Å². The molecule has 1 amide bonds. The summed E-state index contributed by atoms with van der Waals surface area (Å²) in [6.07, 6.45) is 10.5. The zero-order valence-corrected chi connectivity index (χ0v) is 37.6. The van der Waals surface area contributed by atoms with E-state index >= 15 is 0 Å². The van der Waals surface area contributed by atoms with Crippen molar-refractivity contribution in [1.82, 2.24) is 4.90 Å². The molecule has 0 radical (unpaired) electrons. The summed E-state index contributed by atoms with van der Waals surface area (Å²) in [5.74, 6) is 1.36. The molecular weight excluding hydrogens is 837 g/mol. The van der Waals surface area contributed by atoms with Crippen LogP contribution in [-0.2, 0) is 25.6 Å². The Labute approximate surface area is 380 Å². The lowest BCUT2D eigenvalue weighted by molar-refractivity contribution is -0.256. The van der Waals surface area contributed by atoms with Gasteiger partial charge in [0.2, 0.25) is 18.9 Å². The van der Waals surface area contributed by atoms with Crippen molar-refractivity contribution in [1.29, 1.82) is 0 Å². The van der Waals surface area contributed by atoms with Crippen LogP contribution in [-0.4, -0.2) is 97.7 Å². The first-order valence-electron chi connectivity index (χ1n) is 22.9. The average molecular weight is 899 g/mol. The minimum Gasteiger partial charge on any atom is -0.493 e. The number of amides is 1. The van der Waals surface area contributed by atoms with Crippen LogP contribution in [0.25, 0.3) is 0 Å². The number of hydrogen-bond donors (Lipinski definition) is 2. The van der Waals surface area contributed by atoms with Gasteiger partial charge in [-0.15, -0.1) is 18.3 Å². The zero-order valence-electron chi connectivity index (χ0n) is 36.8. The van der Waals surface area contributed by atoms with E-state index in [-0.39, 0.29) is 57.3 Å². The Bertz CT molecular complexity index is 2090. The number of nitrogens with zero attached hydrogens (tertiary/aromatic N) is 2. The van der Waals surface area contributed by atoms with Crippen LogP contribution in [0.4, 0.5) is 4.79 Å².